The number of ether oxygens (including phenoxy) is 1. The number of amidine groups is 1. The molecule has 1 aromatic carbocycles. The topological polar surface area (TPSA) is 90.5 Å². The lowest BCUT2D eigenvalue weighted by Crippen LogP contribution is -2.53. The van der Waals surface area contributed by atoms with Gasteiger partial charge in [0, 0.05) is 28.0 Å². The summed E-state index contributed by atoms with van der Waals surface area (Å²) >= 11 is 3.45. The number of nitriles is 1. The Kier molecular flexibility index (Phi) is 4.75. The van der Waals surface area contributed by atoms with Gasteiger partial charge in [0.15, 0.2) is 0 Å². The van der Waals surface area contributed by atoms with Gasteiger partial charge in [-0.3, -0.25) is 4.98 Å². The molecule has 1 aromatic heterocycles. The zero-order valence-electron chi connectivity index (χ0n) is 13.8. The molecule has 0 amide bonds. The molecule has 0 radical (unpaired) electrons. The molecule has 0 unspecified atom stereocenters. The zero-order chi connectivity index (χ0) is 18.0. The Morgan fingerprint density at radius 3 is 2.92 bits per heavy atom. The number of aliphatic hydroxyl groups is 1. The first-order valence-electron chi connectivity index (χ1n) is 7.72. The number of nitrogens with one attached hydrogen (secondary N) is 1. The van der Waals surface area contributed by atoms with Crippen LogP contribution in [0.5, 0.6) is 5.75 Å². The third kappa shape index (κ3) is 3.50. The number of aliphatic imine (C=N–C) groups is 1. The van der Waals surface area contributed by atoms with Gasteiger partial charge in [0.2, 0.25) is 6.19 Å². The van der Waals surface area contributed by atoms with Crippen molar-refractivity contribution in [2.24, 2.45) is 4.99 Å². The summed E-state index contributed by atoms with van der Waals surface area (Å²) in [7, 11) is 0. The number of hydrogen-bond donors (Lipinski definition) is 2. The van der Waals surface area contributed by atoms with Crippen molar-refractivity contribution in [2.75, 3.05) is 0 Å². The predicted molar refractivity (Wildman–Crippen MR) is 97.1 cm³/mol. The number of pyridine rings is 1. The van der Waals surface area contributed by atoms with Gasteiger partial charge in [0.1, 0.15) is 23.3 Å². The Balaban J connectivity index is 2.04. The van der Waals surface area contributed by atoms with E-state index in [0.717, 1.165) is 10.0 Å². The molecule has 0 saturated carbocycles. The first-order chi connectivity index (χ1) is 11.9. The predicted octanol–water partition coefficient (Wildman–Crippen LogP) is 2.93. The van der Waals surface area contributed by atoms with Crippen LogP contribution < -0.4 is 10.1 Å². The third-order valence-corrected chi connectivity index (χ3v) is 4.59. The Labute approximate surface area is 154 Å². The summed E-state index contributed by atoms with van der Waals surface area (Å²) in [5.41, 5.74) is 0.651. The molecule has 0 fully saturated rings. The van der Waals surface area contributed by atoms with Gasteiger partial charge in [0.05, 0.1) is 6.04 Å². The zero-order valence-corrected chi connectivity index (χ0v) is 15.4. The van der Waals surface area contributed by atoms with E-state index in [1.807, 2.05) is 32.0 Å². The van der Waals surface area contributed by atoms with E-state index in [0.29, 0.717) is 17.1 Å². The molecule has 1 aliphatic rings. The second-order valence-corrected chi connectivity index (χ2v) is 7.17. The largest absolute Gasteiger partial charge is 0.485 e. The molecule has 2 atom stereocenters. The van der Waals surface area contributed by atoms with Crippen LogP contribution in [-0.4, -0.2) is 27.6 Å². The molecule has 2 heterocycles. The number of rotatable bonds is 2. The molecule has 0 spiro atoms. The minimum atomic E-state index is -0.852. The minimum absolute atomic E-state index is 0.350. The van der Waals surface area contributed by atoms with E-state index in [2.05, 4.69) is 31.2 Å². The SMILES string of the molecule is CC1(C)Oc2ccc(Br)cc2[C@H](N/C(=N\C#N)c2cccnc2)[C@H]1O. The molecule has 0 saturated heterocycles. The Hall–Kier alpha value is -2.43. The van der Waals surface area contributed by atoms with Crippen LogP contribution in [0.25, 0.3) is 0 Å². The maximum absolute atomic E-state index is 10.8. The lowest BCUT2D eigenvalue weighted by molar-refractivity contribution is -0.0610. The highest BCUT2D eigenvalue weighted by Gasteiger charge is 2.43. The normalized spacial score (nSPS) is 21.6. The van der Waals surface area contributed by atoms with E-state index >= 15 is 0 Å². The lowest BCUT2D eigenvalue weighted by Gasteiger charge is -2.42. The number of halogens is 1. The van der Waals surface area contributed by atoms with Gasteiger partial charge < -0.3 is 15.2 Å². The molecule has 128 valence electrons. The smallest absolute Gasteiger partial charge is 0.207 e. The quantitative estimate of drug-likeness (QED) is 0.459. The van der Waals surface area contributed by atoms with Gasteiger partial charge in [-0.1, -0.05) is 15.9 Å². The van der Waals surface area contributed by atoms with Crippen molar-refractivity contribution in [3.63, 3.8) is 0 Å². The van der Waals surface area contributed by atoms with Gasteiger partial charge in [0.25, 0.3) is 0 Å². The number of aliphatic hydroxyl groups excluding tert-OH is 1. The van der Waals surface area contributed by atoms with E-state index in [9.17, 15) is 5.11 Å². The molecule has 2 N–H and O–H groups in total. The van der Waals surface area contributed by atoms with Crippen molar-refractivity contribution in [3.8, 4) is 11.9 Å². The average Bonchev–Trinajstić information content (AvgIpc) is 2.59. The molecular weight excluding hydrogens is 384 g/mol. The van der Waals surface area contributed by atoms with Crippen LogP contribution in [0.1, 0.15) is 31.0 Å². The first-order valence-corrected chi connectivity index (χ1v) is 8.52. The van der Waals surface area contributed by atoms with Crippen molar-refractivity contribution in [3.05, 3.63) is 58.3 Å². The molecule has 7 heteroatoms. The summed E-state index contributed by atoms with van der Waals surface area (Å²) in [4.78, 5) is 7.94. The van der Waals surface area contributed by atoms with Crippen LogP contribution >= 0.6 is 15.9 Å². The number of aromatic nitrogens is 1. The van der Waals surface area contributed by atoms with Crippen molar-refractivity contribution in [1.29, 1.82) is 5.26 Å². The summed E-state index contributed by atoms with van der Waals surface area (Å²) in [5, 5.41) is 23.1. The average molecular weight is 401 g/mol. The summed E-state index contributed by atoms with van der Waals surface area (Å²) < 4.78 is 6.81. The van der Waals surface area contributed by atoms with Crippen LogP contribution in [-0.2, 0) is 0 Å². The highest BCUT2D eigenvalue weighted by molar-refractivity contribution is 9.10. The van der Waals surface area contributed by atoms with Crippen molar-refractivity contribution >= 4 is 21.8 Å². The second-order valence-electron chi connectivity index (χ2n) is 6.26. The van der Waals surface area contributed by atoms with Crippen LogP contribution in [0.3, 0.4) is 0 Å². The fourth-order valence-electron chi connectivity index (χ4n) is 2.81. The highest BCUT2D eigenvalue weighted by Crippen LogP contribution is 2.41. The maximum atomic E-state index is 10.8. The number of hydrogen-bond acceptors (Lipinski definition) is 5. The Bertz CT molecular complexity index is 846. The lowest BCUT2D eigenvalue weighted by atomic mass is 9.86. The Morgan fingerprint density at radius 1 is 1.44 bits per heavy atom. The Morgan fingerprint density at radius 2 is 2.24 bits per heavy atom. The molecule has 1 aliphatic heterocycles. The van der Waals surface area contributed by atoms with Gasteiger partial charge in [-0.05, 0) is 44.2 Å². The molecule has 6 nitrogen and oxygen atoms in total. The number of nitrogens with zero attached hydrogens (tertiary/aromatic N) is 3. The minimum Gasteiger partial charge on any atom is -0.485 e. The summed E-state index contributed by atoms with van der Waals surface area (Å²) in [6, 6.07) is 8.69. The molecule has 3 rings (SSSR count). The number of benzene rings is 1. The van der Waals surface area contributed by atoms with Gasteiger partial charge >= 0.3 is 0 Å². The van der Waals surface area contributed by atoms with Gasteiger partial charge in [-0.2, -0.15) is 10.3 Å². The van der Waals surface area contributed by atoms with E-state index in [-0.39, 0.29) is 0 Å². The molecule has 0 aliphatic carbocycles. The van der Waals surface area contributed by atoms with Crippen LogP contribution in [0.15, 0.2) is 52.2 Å². The molecule has 0 bridgehead atoms. The van der Waals surface area contributed by atoms with E-state index in [1.54, 1.807) is 30.7 Å². The second kappa shape index (κ2) is 6.82. The first kappa shape index (κ1) is 17.4. The van der Waals surface area contributed by atoms with E-state index in [1.165, 1.54) is 0 Å². The summed E-state index contributed by atoms with van der Waals surface area (Å²) in [6.45, 7) is 3.64. The summed E-state index contributed by atoms with van der Waals surface area (Å²) in [6.07, 6.45) is 4.21. The van der Waals surface area contributed by atoms with Gasteiger partial charge in [-0.15, -0.1) is 0 Å². The monoisotopic (exact) mass is 400 g/mol. The summed E-state index contributed by atoms with van der Waals surface area (Å²) in [5.74, 6) is 1.03. The number of fused-ring (bicyclic) bond motifs is 1. The van der Waals surface area contributed by atoms with Crippen molar-refractivity contribution in [1.82, 2.24) is 10.3 Å². The molecular formula is C18H17BrN4O2. The van der Waals surface area contributed by atoms with Crippen LogP contribution in [0, 0.1) is 11.5 Å². The van der Waals surface area contributed by atoms with E-state index in [4.69, 9.17) is 10.00 Å². The highest BCUT2D eigenvalue weighted by atomic mass is 79.9. The molecule has 25 heavy (non-hydrogen) atoms. The van der Waals surface area contributed by atoms with Crippen molar-refractivity contribution < 1.29 is 9.84 Å². The standard InChI is InChI=1S/C18H17BrN4O2/c1-18(2)16(24)15(13-8-12(19)5-6-14(13)25-18)23-17(22-10-20)11-4-3-7-21-9-11/h3-9,15-16,24H,1-2H3,(H,22,23)/t15-,16+/m0/s1. The fraction of sp³-hybridized carbons (Fsp3) is 0.278. The fourth-order valence-corrected chi connectivity index (χ4v) is 3.19. The third-order valence-electron chi connectivity index (χ3n) is 4.10. The molecule has 2 aromatic rings. The van der Waals surface area contributed by atoms with Crippen LogP contribution in [0.2, 0.25) is 0 Å². The van der Waals surface area contributed by atoms with E-state index < -0.39 is 17.7 Å². The van der Waals surface area contributed by atoms with Crippen LogP contribution in [0.4, 0.5) is 0 Å². The maximum Gasteiger partial charge on any atom is 0.207 e. The van der Waals surface area contributed by atoms with Crippen molar-refractivity contribution in [2.45, 2.75) is 31.6 Å². The van der Waals surface area contributed by atoms with Gasteiger partial charge in [-0.25, -0.2) is 0 Å².